The Labute approximate surface area is 186 Å². The van der Waals surface area contributed by atoms with Gasteiger partial charge in [0, 0.05) is 5.39 Å². The molecule has 2 aromatic carbocycles. The zero-order chi connectivity index (χ0) is 23.8. The van der Waals surface area contributed by atoms with E-state index >= 15 is 0 Å². The third-order valence-electron chi connectivity index (χ3n) is 4.38. The molecule has 33 heavy (non-hydrogen) atoms. The third-order valence-corrected chi connectivity index (χ3v) is 5.35. The maximum atomic E-state index is 13.3. The fourth-order valence-electron chi connectivity index (χ4n) is 3.01. The number of alkyl halides is 3. The van der Waals surface area contributed by atoms with Crippen molar-refractivity contribution in [2.75, 3.05) is 0 Å². The van der Waals surface area contributed by atoms with Crippen molar-refractivity contribution in [3.63, 3.8) is 0 Å². The molecule has 0 aliphatic rings. The van der Waals surface area contributed by atoms with Gasteiger partial charge in [0.1, 0.15) is 33.6 Å². The minimum Gasteiger partial charge on any atom is -0.475 e. The standard InChI is InChI=1S/C19H13FN4OS.C2HF3O2/c1-10-21-17-12-4-2-3-5-15(12)25-18(17)19(22-10)26-9-16-23-13-7-6-11(20)8-14(13)24-16;3-2(4,5)1(6)7/h2-8H,9H2,1H3,(H,23,24);(H,6,7). The molecule has 0 radical (unpaired) electrons. The van der Waals surface area contributed by atoms with Crippen LogP contribution in [-0.2, 0) is 10.5 Å². The Morgan fingerprint density at radius 1 is 1.15 bits per heavy atom. The number of nitrogens with one attached hydrogen (secondary N) is 1. The van der Waals surface area contributed by atoms with Crippen LogP contribution in [0.1, 0.15) is 11.6 Å². The van der Waals surface area contributed by atoms with Gasteiger partial charge in [0.2, 0.25) is 0 Å². The number of furan rings is 1. The maximum absolute atomic E-state index is 13.3. The Morgan fingerprint density at radius 3 is 2.61 bits per heavy atom. The number of hydrogen-bond acceptors (Lipinski definition) is 6. The Kier molecular flexibility index (Phi) is 5.93. The number of H-pyrrole nitrogens is 1. The summed E-state index contributed by atoms with van der Waals surface area (Å²) in [6, 6.07) is 12.3. The molecule has 5 rings (SSSR count). The highest BCUT2D eigenvalue weighted by Crippen LogP contribution is 2.34. The van der Waals surface area contributed by atoms with E-state index in [0.29, 0.717) is 22.7 Å². The number of para-hydroxylation sites is 1. The molecule has 0 unspecified atom stereocenters. The maximum Gasteiger partial charge on any atom is 0.490 e. The van der Waals surface area contributed by atoms with Gasteiger partial charge in [0.15, 0.2) is 5.58 Å². The lowest BCUT2D eigenvalue weighted by Crippen LogP contribution is -2.21. The van der Waals surface area contributed by atoms with Gasteiger partial charge < -0.3 is 14.5 Å². The zero-order valence-electron chi connectivity index (χ0n) is 16.8. The van der Waals surface area contributed by atoms with Crippen LogP contribution in [0.3, 0.4) is 0 Å². The molecule has 3 heterocycles. The Morgan fingerprint density at radius 2 is 1.88 bits per heavy atom. The number of hydrogen-bond donors (Lipinski definition) is 2. The average Bonchev–Trinajstić information content (AvgIpc) is 3.32. The molecule has 2 N–H and O–H groups in total. The Bertz CT molecular complexity index is 1480. The molecule has 0 amide bonds. The van der Waals surface area contributed by atoms with E-state index in [1.165, 1.54) is 23.9 Å². The van der Waals surface area contributed by atoms with Crippen molar-refractivity contribution < 1.29 is 31.9 Å². The second-order valence-electron chi connectivity index (χ2n) is 6.79. The number of aromatic amines is 1. The smallest absolute Gasteiger partial charge is 0.475 e. The quantitative estimate of drug-likeness (QED) is 0.197. The molecule has 0 aliphatic carbocycles. The first-order valence-electron chi connectivity index (χ1n) is 9.35. The lowest BCUT2D eigenvalue weighted by atomic mass is 10.2. The number of carbonyl (C=O) groups is 1. The van der Waals surface area contributed by atoms with Gasteiger partial charge in [-0.05, 0) is 37.3 Å². The van der Waals surface area contributed by atoms with Crippen LogP contribution in [0.4, 0.5) is 17.6 Å². The van der Waals surface area contributed by atoms with E-state index in [0.717, 1.165) is 32.9 Å². The number of nitrogens with zero attached hydrogens (tertiary/aromatic N) is 3. The molecule has 5 aromatic rings. The number of halogens is 4. The van der Waals surface area contributed by atoms with Crippen LogP contribution in [0.25, 0.3) is 33.1 Å². The van der Waals surface area contributed by atoms with Crippen LogP contribution in [0, 0.1) is 12.7 Å². The van der Waals surface area contributed by atoms with Crippen molar-refractivity contribution in [3.05, 3.63) is 59.9 Å². The molecule has 0 spiro atoms. The van der Waals surface area contributed by atoms with Crippen molar-refractivity contribution >= 4 is 50.8 Å². The number of carboxylic acid groups (broad SMARTS) is 1. The number of imidazole rings is 1. The van der Waals surface area contributed by atoms with Crippen LogP contribution in [-0.4, -0.2) is 37.2 Å². The van der Waals surface area contributed by atoms with Gasteiger partial charge in [-0.1, -0.05) is 23.9 Å². The second kappa shape index (κ2) is 8.70. The largest absolute Gasteiger partial charge is 0.490 e. The fourth-order valence-corrected chi connectivity index (χ4v) is 3.89. The first-order valence-corrected chi connectivity index (χ1v) is 10.3. The van der Waals surface area contributed by atoms with E-state index in [1.807, 2.05) is 31.2 Å². The monoisotopic (exact) mass is 478 g/mol. The highest BCUT2D eigenvalue weighted by molar-refractivity contribution is 7.98. The summed E-state index contributed by atoms with van der Waals surface area (Å²) in [4.78, 5) is 25.6. The zero-order valence-corrected chi connectivity index (χ0v) is 17.6. The van der Waals surface area contributed by atoms with Crippen LogP contribution in [0.15, 0.2) is 51.9 Å². The number of benzene rings is 2. The molecule has 12 heteroatoms. The van der Waals surface area contributed by atoms with Crippen LogP contribution < -0.4 is 0 Å². The van der Waals surface area contributed by atoms with Gasteiger partial charge in [0.25, 0.3) is 0 Å². The predicted molar refractivity (Wildman–Crippen MR) is 113 cm³/mol. The fraction of sp³-hybridized carbons (Fsp3) is 0.143. The molecular formula is C21H14F4N4O3S. The van der Waals surface area contributed by atoms with Gasteiger partial charge in [0.05, 0.1) is 16.8 Å². The summed E-state index contributed by atoms with van der Waals surface area (Å²) in [5.74, 6) is -1.02. The van der Waals surface area contributed by atoms with Crippen molar-refractivity contribution in [1.29, 1.82) is 0 Å². The molecular weight excluding hydrogens is 464 g/mol. The lowest BCUT2D eigenvalue weighted by molar-refractivity contribution is -0.192. The van der Waals surface area contributed by atoms with Gasteiger partial charge in [-0.25, -0.2) is 24.1 Å². The van der Waals surface area contributed by atoms with Gasteiger partial charge in [-0.2, -0.15) is 13.2 Å². The van der Waals surface area contributed by atoms with Crippen LogP contribution in [0.5, 0.6) is 0 Å². The van der Waals surface area contributed by atoms with E-state index in [1.54, 1.807) is 6.07 Å². The molecule has 0 fully saturated rings. The number of aliphatic carboxylic acids is 1. The summed E-state index contributed by atoms with van der Waals surface area (Å²) in [7, 11) is 0. The Balaban J connectivity index is 0.000000325. The topological polar surface area (TPSA) is 105 Å². The number of fused-ring (bicyclic) bond motifs is 4. The van der Waals surface area contributed by atoms with Crippen molar-refractivity contribution in [1.82, 2.24) is 19.9 Å². The number of rotatable bonds is 3. The van der Waals surface area contributed by atoms with Gasteiger partial charge in [-0.15, -0.1) is 0 Å². The number of aryl methyl sites for hydroxylation is 1. The van der Waals surface area contributed by atoms with E-state index < -0.39 is 12.1 Å². The SMILES string of the molecule is Cc1nc(SCc2nc3ccc(F)cc3[nH]2)c2oc3ccccc3c2n1.O=C(O)C(F)(F)F. The highest BCUT2D eigenvalue weighted by atomic mass is 32.2. The molecule has 3 aromatic heterocycles. The van der Waals surface area contributed by atoms with Crippen molar-refractivity contribution in [2.24, 2.45) is 0 Å². The van der Waals surface area contributed by atoms with E-state index in [2.05, 4.69) is 19.9 Å². The predicted octanol–water partition coefficient (Wildman–Crippen LogP) is 5.63. The van der Waals surface area contributed by atoms with Crippen LogP contribution >= 0.6 is 11.8 Å². The summed E-state index contributed by atoms with van der Waals surface area (Å²) in [5, 5.41) is 8.88. The van der Waals surface area contributed by atoms with Crippen molar-refractivity contribution in [3.8, 4) is 0 Å². The molecule has 0 bridgehead atoms. The average molecular weight is 478 g/mol. The lowest BCUT2D eigenvalue weighted by Gasteiger charge is -2.01. The summed E-state index contributed by atoms with van der Waals surface area (Å²) < 4.78 is 51.0. The summed E-state index contributed by atoms with van der Waals surface area (Å²) in [5.41, 5.74) is 3.73. The number of carboxylic acids is 1. The first-order chi connectivity index (χ1) is 15.6. The highest BCUT2D eigenvalue weighted by Gasteiger charge is 2.38. The van der Waals surface area contributed by atoms with E-state index in [4.69, 9.17) is 14.3 Å². The second-order valence-corrected chi connectivity index (χ2v) is 7.75. The van der Waals surface area contributed by atoms with Crippen molar-refractivity contribution in [2.45, 2.75) is 23.9 Å². The van der Waals surface area contributed by atoms with E-state index in [9.17, 15) is 17.6 Å². The number of thioether (sulfide) groups is 1. The molecule has 0 atom stereocenters. The Hall–Kier alpha value is -3.67. The molecule has 0 saturated carbocycles. The normalized spacial score (nSPS) is 11.7. The van der Waals surface area contributed by atoms with Crippen LogP contribution in [0.2, 0.25) is 0 Å². The number of aromatic nitrogens is 4. The molecule has 0 aliphatic heterocycles. The van der Waals surface area contributed by atoms with Gasteiger partial charge >= 0.3 is 12.1 Å². The third kappa shape index (κ3) is 4.90. The van der Waals surface area contributed by atoms with Gasteiger partial charge in [-0.3, -0.25) is 0 Å². The molecule has 7 nitrogen and oxygen atoms in total. The minimum absolute atomic E-state index is 0.282. The summed E-state index contributed by atoms with van der Waals surface area (Å²) in [6.45, 7) is 1.87. The summed E-state index contributed by atoms with van der Waals surface area (Å²) >= 11 is 1.52. The minimum atomic E-state index is -5.08. The molecule has 170 valence electrons. The molecule has 0 saturated heterocycles. The van der Waals surface area contributed by atoms with E-state index in [-0.39, 0.29) is 5.82 Å². The first kappa shape index (κ1) is 22.5. The summed E-state index contributed by atoms with van der Waals surface area (Å²) in [6.07, 6.45) is -5.08.